The molecule has 6 nitrogen and oxygen atoms in total. The highest BCUT2D eigenvalue weighted by molar-refractivity contribution is 7.18. The van der Waals surface area contributed by atoms with E-state index in [4.69, 9.17) is 0 Å². The van der Waals surface area contributed by atoms with E-state index >= 15 is 0 Å². The van der Waals surface area contributed by atoms with Gasteiger partial charge in [0.2, 0.25) is 0 Å². The van der Waals surface area contributed by atoms with Crippen LogP contribution in [0.25, 0.3) is 10.2 Å². The highest BCUT2D eigenvalue weighted by Gasteiger charge is 2.20. The number of anilines is 1. The third kappa shape index (κ3) is 2.30. The molecule has 0 unspecified atom stereocenters. The van der Waals surface area contributed by atoms with Crippen LogP contribution in [0.1, 0.15) is 47.8 Å². The van der Waals surface area contributed by atoms with Gasteiger partial charge in [-0.05, 0) is 37.7 Å². The van der Waals surface area contributed by atoms with E-state index in [0.29, 0.717) is 6.54 Å². The number of nitrogens with one attached hydrogen (secondary N) is 1. The number of aryl methyl sites for hydroxylation is 3. The van der Waals surface area contributed by atoms with Crippen LogP contribution >= 0.6 is 11.3 Å². The summed E-state index contributed by atoms with van der Waals surface area (Å²) in [4.78, 5) is 11.7. The number of hydrogen-bond acceptors (Lipinski definition) is 6. The highest BCUT2D eigenvalue weighted by Crippen LogP contribution is 2.37. The Morgan fingerprint density at radius 3 is 3.00 bits per heavy atom. The maximum Gasteiger partial charge on any atom is 0.152 e. The molecule has 0 bridgehead atoms. The Balaban J connectivity index is 1.49. The summed E-state index contributed by atoms with van der Waals surface area (Å²) in [5.74, 6) is 3.08. The lowest BCUT2D eigenvalue weighted by atomic mass is 10.1. The van der Waals surface area contributed by atoms with Crippen LogP contribution < -0.4 is 5.32 Å². The SMILES string of the molecule is c1nc(NCc2nnc3n2CCC3)c2c3c(sc2n1)CCCCC3. The lowest BCUT2D eigenvalue weighted by Gasteiger charge is -2.08. The molecule has 3 aromatic heterocycles. The van der Waals surface area contributed by atoms with Gasteiger partial charge in [-0.15, -0.1) is 21.5 Å². The average molecular weight is 340 g/mol. The first-order valence-electron chi connectivity index (χ1n) is 8.80. The summed E-state index contributed by atoms with van der Waals surface area (Å²) < 4.78 is 2.24. The maximum absolute atomic E-state index is 4.54. The molecule has 0 atom stereocenters. The van der Waals surface area contributed by atoms with E-state index in [-0.39, 0.29) is 0 Å². The van der Waals surface area contributed by atoms with Crippen LogP contribution in [0.4, 0.5) is 5.82 Å². The van der Waals surface area contributed by atoms with Gasteiger partial charge in [-0.1, -0.05) is 6.42 Å². The van der Waals surface area contributed by atoms with E-state index in [9.17, 15) is 0 Å². The zero-order valence-corrected chi connectivity index (χ0v) is 14.4. The Morgan fingerprint density at radius 1 is 1.04 bits per heavy atom. The summed E-state index contributed by atoms with van der Waals surface area (Å²) in [7, 11) is 0. The van der Waals surface area contributed by atoms with Crippen LogP contribution in [0.5, 0.6) is 0 Å². The summed E-state index contributed by atoms with van der Waals surface area (Å²) >= 11 is 1.85. The largest absolute Gasteiger partial charge is 0.362 e. The van der Waals surface area contributed by atoms with Crippen molar-refractivity contribution in [3.05, 3.63) is 28.4 Å². The van der Waals surface area contributed by atoms with Gasteiger partial charge in [-0.25, -0.2) is 9.97 Å². The smallest absolute Gasteiger partial charge is 0.152 e. The van der Waals surface area contributed by atoms with Gasteiger partial charge in [0.1, 0.15) is 22.8 Å². The topological polar surface area (TPSA) is 68.5 Å². The van der Waals surface area contributed by atoms with Crippen LogP contribution in [-0.2, 0) is 32.4 Å². The second-order valence-corrected chi connectivity index (χ2v) is 7.69. The lowest BCUT2D eigenvalue weighted by Crippen LogP contribution is -2.09. The molecule has 7 heteroatoms. The summed E-state index contributed by atoms with van der Waals surface area (Å²) in [5, 5.41) is 13.4. The van der Waals surface area contributed by atoms with E-state index in [2.05, 4.69) is 30.0 Å². The molecule has 0 saturated heterocycles. The Kier molecular flexibility index (Phi) is 3.47. The molecule has 0 saturated carbocycles. The van der Waals surface area contributed by atoms with E-state index in [1.54, 1.807) is 6.33 Å². The minimum atomic E-state index is 0.670. The Hall–Kier alpha value is -2.02. The fraction of sp³-hybridized carbons (Fsp3) is 0.529. The Morgan fingerprint density at radius 2 is 2.00 bits per heavy atom. The predicted molar refractivity (Wildman–Crippen MR) is 94.3 cm³/mol. The molecule has 0 fully saturated rings. The van der Waals surface area contributed by atoms with Gasteiger partial charge in [0, 0.05) is 17.8 Å². The monoisotopic (exact) mass is 340 g/mol. The first-order chi connectivity index (χ1) is 11.9. The zero-order valence-electron chi connectivity index (χ0n) is 13.6. The van der Waals surface area contributed by atoms with Gasteiger partial charge in [-0.3, -0.25) is 0 Å². The van der Waals surface area contributed by atoms with Gasteiger partial charge < -0.3 is 9.88 Å². The van der Waals surface area contributed by atoms with E-state index < -0.39 is 0 Å². The van der Waals surface area contributed by atoms with Gasteiger partial charge in [0.15, 0.2) is 5.82 Å². The lowest BCUT2D eigenvalue weighted by molar-refractivity contribution is 0.695. The number of fused-ring (bicyclic) bond motifs is 4. The molecule has 0 amide bonds. The number of thiophene rings is 1. The van der Waals surface area contributed by atoms with Crippen LogP contribution in [0.3, 0.4) is 0 Å². The van der Waals surface area contributed by atoms with Crippen molar-refractivity contribution in [2.45, 2.75) is 58.0 Å². The molecule has 2 aliphatic rings. The molecule has 0 spiro atoms. The van der Waals surface area contributed by atoms with Crippen LogP contribution in [0.15, 0.2) is 6.33 Å². The van der Waals surface area contributed by atoms with Gasteiger partial charge >= 0.3 is 0 Å². The predicted octanol–water partition coefficient (Wildman–Crippen LogP) is 3.11. The third-order valence-electron chi connectivity index (χ3n) is 5.10. The summed E-state index contributed by atoms with van der Waals surface area (Å²) in [6, 6.07) is 0. The number of hydrogen-bond donors (Lipinski definition) is 1. The molecule has 0 aromatic carbocycles. The van der Waals surface area contributed by atoms with Crippen molar-refractivity contribution in [3.63, 3.8) is 0 Å². The quantitative estimate of drug-likeness (QED) is 0.742. The van der Waals surface area contributed by atoms with Crippen molar-refractivity contribution in [1.29, 1.82) is 0 Å². The fourth-order valence-electron chi connectivity index (χ4n) is 3.91. The van der Waals surface area contributed by atoms with Gasteiger partial charge in [0.05, 0.1) is 11.9 Å². The second-order valence-electron chi connectivity index (χ2n) is 6.61. The number of nitrogens with zero attached hydrogens (tertiary/aromatic N) is 5. The standard InChI is InChI=1S/C17H20N6S/c1-2-5-11-12(6-3-1)24-17-15(11)16(19-10-20-17)18-9-14-22-21-13-7-4-8-23(13)14/h10H,1-9H2,(H,18,19,20). The van der Waals surface area contributed by atoms with Crippen LogP contribution in [0, 0.1) is 0 Å². The molecular weight excluding hydrogens is 320 g/mol. The Labute approximate surface area is 144 Å². The number of rotatable bonds is 3. The summed E-state index contributed by atoms with van der Waals surface area (Å²) in [6.45, 7) is 1.70. The van der Waals surface area contributed by atoms with Gasteiger partial charge in [-0.2, -0.15) is 0 Å². The Bertz CT molecular complexity index is 896. The molecular formula is C17H20N6S. The summed E-state index contributed by atoms with van der Waals surface area (Å²) in [5.41, 5.74) is 1.47. The van der Waals surface area contributed by atoms with Gasteiger partial charge in [0.25, 0.3) is 0 Å². The second kappa shape index (κ2) is 5.81. The van der Waals surface area contributed by atoms with Crippen molar-refractivity contribution in [3.8, 4) is 0 Å². The maximum atomic E-state index is 4.54. The van der Waals surface area contributed by atoms with Crippen molar-refractivity contribution < 1.29 is 0 Å². The third-order valence-corrected chi connectivity index (χ3v) is 6.30. The highest BCUT2D eigenvalue weighted by atomic mass is 32.1. The van der Waals surface area contributed by atoms with Crippen molar-refractivity contribution in [2.75, 3.05) is 5.32 Å². The molecule has 4 heterocycles. The summed E-state index contributed by atoms with van der Waals surface area (Å²) in [6.07, 6.45) is 10.1. The molecule has 124 valence electrons. The first kappa shape index (κ1) is 14.3. The van der Waals surface area contributed by atoms with Crippen molar-refractivity contribution in [2.24, 2.45) is 0 Å². The average Bonchev–Trinajstić information content (AvgIpc) is 3.24. The van der Waals surface area contributed by atoms with Crippen LogP contribution in [-0.4, -0.2) is 24.7 Å². The molecule has 1 aliphatic carbocycles. The van der Waals surface area contributed by atoms with E-state index in [1.165, 1.54) is 47.9 Å². The molecule has 24 heavy (non-hydrogen) atoms. The first-order valence-corrected chi connectivity index (χ1v) is 9.62. The zero-order chi connectivity index (χ0) is 15.9. The van der Waals surface area contributed by atoms with Crippen molar-refractivity contribution >= 4 is 27.4 Å². The van der Waals surface area contributed by atoms with Crippen molar-refractivity contribution in [1.82, 2.24) is 24.7 Å². The molecule has 1 N–H and O–H groups in total. The minimum absolute atomic E-state index is 0.670. The molecule has 5 rings (SSSR count). The molecule has 1 aliphatic heterocycles. The normalized spacial score (nSPS) is 16.8. The van der Waals surface area contributed by atoms with E-state index in [1.807, 2.05) is 11.3 Å². The fourth-order valence-corrected chi connectivity index (χ4v) is 5.13. The minimum Gasteiger partial charge on any atom is -0.362 e. The molecule has 3 aromatic rings. The number of aromatic nitrogens is 5. The van der Waals surface area contributed by atoms with E-state index in [0.717, 1.165) is 41.7 Å². The molecule has 0 radical (unpaired) electrons. The van der Waals surface area contributed by atoms with Crippen LogP contribution in [0.2, 0.25) is 0 Å².